The zero-order valence-electron chi connectivity index (χ0n) is 15.5. The fourth-order valence-corrected chi connectivity index (χ4v) is 3.11. The van der Waals surface area contributed by atoms with Gasteiger partial charge in [-0.2, -0.15) is 0 Å². The molecule has 5 nitrogen and oxygen atoms in total. The predicted molar refractivity (Wildman–Crippen MR) is 117 cm³/mol. The normalized spacial score (nSPS) is 10.2. The molecule has 0 aliphatic rings. The summed E-state index contributed by atoms with van der Waals surface area (Å²) >= 11 is 1.21. The van der Waals surface area contributed by atoms with E-state index >= 15 is 0 Å². The van der Waals surface area contributed by atoms with E-state index in [0.29, 0.717) is 11.4 Å². The average molecular weight is 409 g/mol. The lowest BCUT2D eigenvalue weighted by Gasteiger charge is -2.09. The lowest BCUT2D eigenvalue weighted by atomic mass is 10.2. The van der Waals surface area contributed by atoms with Crippen molar-refractivity contribution in [2.45, 2.75) is 0 Å². The van der Waals surface area contributed by atoms with E-state index in [2.05, 4.69) is 16.0 Å². The highest BCUT2D eigenvalue weighted by atomic mass is 32.2. The number of hydrogen-bond donors (Lipinski definition) is 3. The van der Waals surface area contributed by atoms with Crippen molar-refractivity contribution >= 4 is 46.3 Å². The third kappa shape index (κ3) is 6.97. The number of carbonyl (C=O) groups excluding carboxylic acids is 2. The highest BCUT2D eigenvalue weighted by Gasteiger charge is 2.07. The molecule has 3 N–H and O–H groups in total. The predicted octanol–water partition coefficient (Wildman–Crippen LogP) is 4.88. The Morgan fingerprint density at radius 1 is 0.655 bits per heavy atom. The van der Waals surface area contributed by atoms with Gasteiger partial charge in [-0.1, -0.05) is 18.2 Å². The molecule has 0 aliphatic heterocycles. The summed E-state index contributed by atoms with van der Waals surface area (Å²) < 4.78 is 12.9. The Balaban J connectivity index is 1.38. The molecule has 0 aromatic heterocycles. The number of nitrogens with one attached hydrogen (secondary N) is 3. The van der Waals surface area contributed by atoms with Crippen LogP contribution in [0.3, 0.4) is 0 Å². The number of para-hydroxylation sites is 1. The molecule has 7 heteroatoms. The van der Waals surface area contributed by atoms with Crippen molar-refractivity contribution < 1.29 is 14.0 Å². The van der Waals surface area contributed by atoms with Crippen molar-refractivity contribution in [1.29, 1.82) is 0 Å². The summed E-state index contributed by atoms with van der Waals surface area (Å²) in [6.07, 6.45) is 0. The van der Waals surface area contributed by atoms with Crippen LogP contribution in [0.1, 0.15) is 0 Å². The largest absolute Gasteiger partial charge is 0.356 e. The molecule has 3 aromatic rings. The van der Waals surface area contributed by atoms with E-state index in [1.807, 2.05) is 54.6 Å². The molecule has 0 bridgehead atoms. The standard InChI is InChI=1S/C22H20FN3O2S/c23-16-6-8-19(9-7-16)25-21(27)14-29-15-22(28)26-20-12-10-18(11-13-20)24-17-4-2-1-3-5-17/h1-13,24H,14-15H2,(H,25,27)(H,26,28). The third-order valence-electron chi connectivity index (χ3n) is 3.83. The molecular formula is C22H20FN3O2S. The summed E-state index contributed by atoms with van der Waals surface area (Å²) in [5.74, 6) is -0.511. The maximum Gasteiger partial charge on any atom is 0.234 e. The number of thioether (sulfide) groups is 1. The second-order valence-corrected chi connectivity index (χ2v) is 7.15. The molecule has 0 saturated carbocycles. The average Bonchev–Trinajstić information content (AvgIpc) is 2.72. The number of benzene rings is 3. The molecule has 29 heavy (non-hydrogen) atoms. The van der Waals surface area contributed by atoms with Crippen LogP contribution >= 0.6 is 11.8 Å². The number of rotatable bonds is 8. The van der Waals surface area contributed by atoms with Gasteiger partial charge in [-0.05, 0) is 60.7 Å². The number of hydrogen-bond acceptors (Lipinski definition) is 4. The summed E-state index contributed by atoms with van der Waals surface area (Å²) in [4.78, 5) is 23.9. The molecule has 0 saturated heterocycles. The smallest absolute Gasteiger partial charge is 0.234 e. The van der Waals surface area contributed by atoms with E-state index in [0.717, 1.165) is 11.4 Å². The maximum absolute atomic E-state index is 12.9. The molecule has 0 radical (unpaired) electrons. The number of anilines is 4. The van der Waals surface area contributed by atoms with Crippen LogP contribution in [0.15, 0.2) is 78.9 Å². The van der Waals surface area contributed by atoms with Crippen LogP contribution in [0, 0.1) is 5.82 Å². The SMILES string of the molecule is O=C(CSCC(=O)Nc1ccc(Nc2ccccc2)cc1)Nc1ccc(F)cc1. The van der Waals surface area contributed by atoms with Crippen LogP contribution in [0.25, 0.3) is 0 Å². The first-order chi connectivity index (χ1) is 14.1. The van der Waals surface area contributed by atoms with Gasteiger partial charge < -0.3 is 16.0 Å². The van der Waals surface area contributed by atoms with Crippen molar-refractivity contribution in [3.05, 3.63) is 84.7 Å². The lowest BCUT2D eigenvalue weighted by Crippen LogP contribution is -2.18. The monoisotopic (exact) mass is 409 g/mol. The van der Waals surface area contributed by atoms with Crippen molar-refractivity contribution in [1.82, 2.24) is 0 Å². The van der Waals surface area contributed by atoms with Gasteiger partial charge in [0.25, 0.3) is 0 Å². The molecule has 0 aliphatic carbocycles. The summed E-state index contributed by atoms with van der Waals surface area (Å²) in [5.41, 5.74) is 3.11. The minimum absolute atomic E-state index is 0.130. The van der Waals surface area contributed by atoms with Crippen molar-refractivity contribution in [3.63, 3.8) is 0 Å². The Morgan fingerprint density at radius 2 is 1.10 bits per heavy atom. The number of halogens is 1. The first kappa shape index (κ1) is 20.4. The molecule has 0 fully saturated rings. The second-order valence-electron chi connectivity index (χ2n) is 6.16. The first-order valence-electron chi connectivity index (χ1n) is 8.94. The van der Waals surface area contributed by atoms with Gasteiger partial charge in [-0.3, -0.25) is 9.59 Å². The van der Waals surface area contributed by atoms with Crippen LogP contribution in [-0.2, 0) is 9.59 Å². The quantitative estimate of drug-likeness (QED) is 0.496. The fraction of sp³-hybridized carbons (Fsp3) is 0.0909. The highest BCUT2D eigenvalue weighted by Crippen LogP contribution is 2.19. The topological polar surface area (TPSA) is 70.2 Å². The van der Waals surface area contributed by atoms with E-state index < -0.39 is 0 Å². The summed E-state index contributed by atoms with van der Waals surface area (Å²) in [7, 11) is 0. The van der Waals surface area contributed by atoms with Gasteiger partial charge in [0.05, 0.1) is 11.5 Å². The van der Waals surface area contributed by atoms with E-state index in [9.17, 15) is 14.0 Å². The van der Waals surface area contributed by atoms with Crippen LogP contribution in [0.4, 0.5) is 27.1 Å². The minimum atomic E-state index is -0.363. The van der Waals surface area contributed by atoms with Gasteiger partial charge in [0.1, 0.15) is 5.82 Å². The molecule has 0 unspecified atom stereocenters. The Morgan fingerprint density at radius 3 is 1.66 bits per heavy atom. The van der Waals surface area contributed by atoms with E-state index in [1.54, 1.807) is 0 Å². The Hall–Kier alpha value is -3.32. The van der Waals surface area contributed by atoms with Crippen molar-refractivity contribution in [2.24, 2.45) is 0 Å². The molecular weight excluding hydrogens is 389 g/mol. The lowest BCUT2D eigenvalue weighted by molar-refractivity contribution is -0.114. The van der Waals surface area contributed by atoms with Gasteiger partial charge in [-0.15, -0.1) is 11.8 Å². The van der Waals surface area contributed by atoms with E-state index in [4.69, 9.17) is 0 Å². The Labute approximate surface area is 172 Å². The summed E-state index contributed by atoms with van der Waals surface area (Å²) in [6, 6.07) is 22.7. The third-order valence-corrected chi connectivity index (χ3v) is 4.76. The Bertz CT molecular complexity index is 948. The molecule has 3 aromatic carbocycles. The zero-order chi connectivity index (χ0) is 20.5. The molecule has 148 valence electrons. The number of amides is 2. The van der Waals surface area contributed by atoms with Gasteiger partial charge in [0.15, 0.2) is 0 Å². The minimum Gasteiger partial charge on any atom is -0.356 e. The fourth-order valence-electron chi connectivity index (χ4n) is 2.49. The first-order valence-corrected chi connectivity index (χ1v) is 10.1. The van der Waals surface area contributed by atoms with E-state index in [1.165, 1.54) is 36.0 Å². The highest BCUT2D eigenvalue weighted by molar-refractivity contribution is 8.00. The van der Waals surface area contributed by atoms with Crippen LogP contribution in [0.5, 0.6) is 0 Å². The van der Waals surface area contributed by atoms with Gasteiger partial charge in [0.2, 0.25) is 11.8 Å². The molecule has 2 amide bonds. The van der Waals surface area contributed by atoms with Gasteiger partial charge in [0, 0.05) is 22.7 Å². The Kier molecular flexibility index (Phi) is 7.24. The molecule has 0 atom stereocenters. The second kappa shape index (κ2) is 10.3. The van der Waals surface area contributed by atoms with Gasteiger partial charge >= 0.3 is 0 Å². The summed E-state index contributed by atoms with van der Waals surface area (Å²) in [6.45, 7) is 0. The van der Waals surface area contributed by atoms with E-state index in [-0.39, 0.29) is 29.1 Å². The number of carbonyl (C=O) groups is 2. The van der Waals surface area contributed by atoms with Gasteiger partial charge in [-0.25, -0.2) is 4.39 Å². The molecule has 0 spiro atoms. The molecule has 3 rings (SSSR count). The maximum atomic E-state index is 12.9. The van der Waals surface area contributed by atoms with Crippen LogP contribution < -0.4 is 16.0 Å². The zero-order valence-corrected chi connectivity index (χ0v) is 16.3. The van der Waals surface area contributed by atoms with Crippen molar-refractivity contribution in [3.8, 4) is 0 Å². The van der Waals surface area contributed by atoms with Crippen LogP contribution in [0.2, 0.25) is 0 Å². The van der Waals surface area contributed by atoms with Crippen LogP contribution in [-0.4, -0.2) is 23.3 Å². The molecule has 0 heterocycles. The summed E-state index contributed by atoms with van der Waals surface area (Å²) in [5, 5.41) is 8.73. The van der Waals surface area contributed by atoms with Crippen molar-refractivity contribution in [2.75, 3.05) is 27.5 Å².